The first-order chi connectivity index (χ1) is 9.99. The molecule has 0 saturated heterocycles. The minimum Gasteiger partial charge on any atom is -0.461 e. The van der Waals surface area contributed by atoms with Gasteiger partial charge in [-0.2, -0.15) is 15.0 Å². The van der Waals surface area contributed by atoms with Crippen molar-refractivity contribution >= 4 is 11.9 Å². The SMILES string of the molecule is CC(C)Oc1nc(NN)nc(NCC(C)N(C)C2CC2)n1. The maximum atomic E-state index is 5.49. The van der Waals surface area contributed by atoms with E-state index >= 15 is 0 Å². The van der Waals surface area contributed by atoms with Crippen LogP contribution in [0.4, 0.5) is 11.9 Å². The zero-order valence-electron chi connectivity index (χ0n) is 13.1. The van der Waals surface area contributed by atoms with Gasteiger partial charge in [-0.05, 0) is 40.7 Å². The fraction of sp³-hybridized carbons (Fsp3) is 0.769. The fourth-order valence-electron chi connectivity index (χ4n) is 1.99. The molecular formula is C13H25N7O. The highest BCUT2D eigenvalue weighted by Gasteiger charge is 2.29. The van der Waals surface area contributed by atoms with Gasteiger partial charge in [0.2, 0.25) is 11.9 Å². The van der Waals surface area contributed by atoms with Crippen molar-refractivity contribution in [3.8, 4) is 6.01 Å². The van der Waals surface area contributed by atoms with E-state index in [-0.39, 0.29) is 18.1 Å². The maximum absolute atomic E-state index is 5.49. The van der Waals surface area contributed by atoms with Gasteiger partial charge < -0.3 is 10.1 Å². The molecule has 1 aromatic heterocycles. The third-order valence-corrected chi connectivity index (χ3v) is 3.46. The number of aromatic nitrogens is 3. The second kappa shape index (κ2) is 6.86. The van der Waals surface area contributed by atoms with E-state index in [1.807, 2.05) is 13.8 Å². The Kier molecular flexibility index (Phi) is 5.13. The van der Waals surface area contributed by atoms with E-state index in [9.17, 15) is 0 Å². The van der Waals surface area contributed by atoms with E-state index in [4.69, 9.17) is 10.6 Å². The quantitative estimate of drug-likeness (QED) is 0.479. The van der Waals surface area contributed by atoms with Crippen LogP contribution in [0, 0.1) is 0 Å². The van der Waals surface area contributed by atoms with Crippen molar-refractivity contribution < 1.29 is 4.74 Å². The number of hydrogen-bond donors (Lipinski definition) is 3. The summed E-state index contributed by atoms with van der Waals surface area (Å²) < 4.78 is 5.49. The molecule has 1 saturated carbocycles. The molecule has 0 amide bonds. The number of likely N-dealkylation sites (N-methyl/N-ethyl adjacent to an activating group) is 1. The van der Waals surface area contributed by atoms with Crippen LogP contribution in [0.2, 0.25) is 0 Å². The van der Waals surface area contributed by atoms with Crippen LogP contribution in [-0.4, -0.2) is 51.6 Å². The minimum atomic E-state index is -0.00852. The molecule has 0 aliphatic heterocycles. The highest BCUT2D eigenvalue weighted by Crippen LogP contribution is 2.26. The van der Waals surface area contributed by atoms with Crippen molar-refractivity contribution in [3.63, 3.8) is 0 Å². The number of hydrogen-bond acceptors (Lipinski definition) is 8. The summed E-state index contributed by atoms with van der Waals surface area (Å²) in [6, 6.07) is 1.39. The molecule has 0 radical (unpaired) electrons. The van der Waals surface area contributed by atoms with E-state index in [1.54, 1.807) is 0 Å². The molecule has 2 rings (SSSR count). The van der Waals surface area contributed by atoms with Crippen LogP contribution >= 0.6 is 0 Å². The zero-order chi connectivity index (χ0) is 15.4. The molecule has 1 heterocycles. The second-order valence-corrected chi connectivity index (χ2v) is 5.70. The first-order valence-corrected chi connectivity index (χ1v) is 7.34. The number of anilines is 2. The lowest BCUT2D eigenvalue weighted by molar-refractivity contribution is 0.222. The summed E-state index contributed by atoms with van der Waals surface area (Å²) in [5.74, 6) is 6.12. The topological polar surface area (TPSA) is 101 Å². The molecule has 4 N–H and O–H groups in total. The molecule has 0 aromatic carbocycles. The standard InChI is InChI=1S/C13H25N7O/c1-8(2)21-13-17-11(16-12(18-13)19-14)15-7-9(3)20(4)10-5-6-10/h8-10H,5-7,14H2,1-4H3,(H2,15,16,17,18,19). The number of nitrogen functional groups attached to an aromatic ring is 1. The predicted octanol–water partition coefficient (Wildman–Crippen LogP) is 0.839. The van der Waals surface area contributed by atoms with E-state index < -0.39 is 0 Å². The third kappa shape index (κ3) is 4.68. The van der Waals surface area contributed by atoms with Crippen LogP contribution in [0.25, 0.3) is 0 Å². The van der Waals surface area contributed by atoms with Gasteiger partial charge in [-0.1, -0.05) is 0 Å². The molecular weight excluding hydrogens is 270 g/mol. The molecule has 0 bridgehead atoms. The summed E-state index contributed by atoms with van der Waals surface area (Å²) in [5.41, 5.74) is 2.43. The predicted molar refractivity (Wildman–Crippen MR) is 82.1 cm³/mol. The molecule has 21 heavy (non-hydrogen) atoms. The van der Waals surface area contributed by atoms with Crippen LogP contribution in [-0.2, 0) is 0 Å². The van der Waals surface area contributed by atoms with Gasteiger partial charge in [0.15, 0.2) is 0 Å². The molecule has 1 aromatic rings. The van der Waals surface area contributed by atoms with Gasteiger partial charge in [-0.25, -0.2) is 5.84 Å². The number of nitrogens with one attached hydrogen (secondary N) is 2. The third-order valence-electron chi connectivity index (χ3n) is 3.46. The second-order valence-electron chi connectivity index (χ2n) is 5.70. The average Bonchev–Trinajstić information content (AvgIpc) is 3.27. The van der Waals surface area contributed by atoms with Crippen LogP contribution in [0.1, 0.15) is 33.6 Å². The first kappa shape index (κ1) is 15.7. The number of nitrogens with zero attached hydrogens (tertiary/aromatic N) is 4. The van der Waals surface area contributed by atoms with Crippen molar-refractivity contribution in [1.29, 1.82) is 0 Å². The Morgan fingerprint density at radius 2 is 1.90 bits per heavy atom. The lowest BCUT2D eigenvalue weighted by Crippen LogP contribution is -2.36. The summed E-state index contributed by atoms with van der Waals surface area (Å²) in [4.78, 5) is 14.9. The molecule has 8 nitrogen and oxygen atoms in total. The summed E-state index contributed by atoms with van der Waals surface area (Å²) in [7, 11) is 2.15. The zero-order valence-corrected chi connectivity index (χ0v) is 13.1. The first-order valence-electron chi connectivity index (χ1n) is 7.34. The molecule has 1 aliphatic carbocycles. The molecule has 118 valence electrons. The summed E-state index contributed by atoms with van der Waals surface area (Å²) in [5, 5.41) is 3.22. The van der Waals surface area contributed by atoms with Crippen molar-refractivity contribution in [2.45, 2.75) is 51.8 Å². The average molecular weight is 295 g/mol. The Hall–Kier alpha value is -1.67. The monoisotopic (exact) mass is 295 g/mol. The summed E-state index contributed by atoms with van der Waals surface area (Å²) in [6.45, 7) is 6.76. The number of rotatable bonds is 8. The van der Waals surface area contributed by atoms with E-state index in [1.165, 1.54) is 12.8 Å². The van der Waals surface area contributed by atoms with Gasteiger partial charge in [-0.3, -0.25) is 10.3 Å². The molecule has 1 fully saturated rings. The molecule has 0 spiro atoms. The highest BCUT2D eigenvalue weighted by molar-refractivity contribution is 5.35. The van der Waals surface area contributed by atoms with Gasteiger partial charge in [0.1, 0.15) is 0 Å². The molecule has 1 aliphatic rings. The number of ether oxygens (including phenoxy) is 1. The summed E-state index contributed by atoms with van der Waals surface area (Å²) >= 11 is 0. The Bertz CT molecular complexity index is 464. The van der Waals surface area contributed by atoms with Gasteiger partial charge in [-0.15, -0.1) is 0 Å². The number of hydrazine groups is 1. The summed E-state index contributed by atoms with van der Waals surface area (Å²) in [6.07, 6.45) is 2.58. The Morgan fingerprint density at radius 1 is 1.24 bits per heavy atom. The van der Waals surface area contributed by atoms with Crippen LogP contribution in [0.15, 0.2) is 0 Å². The van der Waals surface area contributed by atoms with Gasteiger partial charge in [0.25, 0.3) is 0 Å². The van der Waals surface area contributed by atoms with Crippen molar-refractivity contribution in [1.82, 2.24) is 19.9 Å². The maximum Gasteiger partial charge on any atom is 0.323 e. The van der Waals surface area contributed by atoms with Gasteiger partial charge in [0, 0.05) is 18.6 Å². The smallest absolute Gasteiger partial charge is 0.323 e. The van der Waals surface area contributed by atoms with Crippen LogP contribution < -0.4 is 21.3 Å². The minimum absolute atomic E-state index is 0.00852. The number of nitrogens with two attached hydrogens (primary N) is 1. The Morgan fingerprint density at radius 3 is 2.48 bits per heavy atom. The van der Waals surface area contributed by atoms with Crippen molar-refractivity contribution in [2.24, 2.45) is 5.84 Å². The largest absolute Gasteiger partial charge is 0.461 e. The lowest BCUT2D eigenvalue weighted by atomic mass is 10.3. The van der Waals surface area contributed by atoms with Crippen LogP contribution in [0.3, 0.4) is 0 Å². The normalized spacial score (nSPS) is 16.1. The Balaban J connectivity index is 1.97. The van der Waals surface area contributed by atoms with Gasteiger partial charge >= 0.3 is 6.01 Å². The van der Waals surface area contributed by atoms with Gasteiger partial charge in [0.05, 0.1) is 6.10 Å². The van der Waals surface area contributed by atoms with Crippen molar-refractivity contribution in [3.05, 3.63) is 0 Å². The van der Waals surface area contributed by atoms with E-state index in [0.29, 0.717) is 12.0 Å². The lowest BCUT2D eigenvalue weighted by Gasteiger charge is -2.24. The Labute approximate surface area is 125 Å². The molecule has 1 unspecified atom stereocenters. The van der Waals surface area contributed by atoms with Crippen molar-refractivity contribution in [2.75, 3.05) is 24.3 Å². The highest BCUT2D eigenvalue weighted by atomic mass is 16.5. The van der Waals surface area contributed by atoms with E-state index in [2.05, 4.69) is 44.6 Å². The van der Waals surface area contributed by atoms with E-state index in [0.717, 1.165) is 12.6 Å². The fourth-order valence-corrected chi connectivity index (χ4v) is 1.99. The molecule has 1 atom stereocenters. The molecule has 8 heteroatoms. The van der Waals surface area contributed by atoms with Crippen LogP contribution in [0.5, 0.6) is 6.01 Å².